The predicted molar refractivity (Wildman–Crippen MR) is 275 cm³/mol. The van der Waals surface area contributed by atoms with Crippen molar-refractivity contribution < 1.29 is 28.6 Å². The highest BCUT2D eigenvalue weighted by molar-refractivity contribution is 5.71. The third-order valence-corrected chi connectivity index (χ3v) is 13.0. The maximum Gasteiger partial charge on any atom is 0.306 e. The van der Waals surface area contributed by atoms with Gasteiger partial charge >= 0.3 is 17.9 Å². The lowest BCUT2D eigenvalue weighted by molar-refractivity contribution is -0.167. The van der Waals surface area contributed by atoms with E-state index in [2.05, 4.69) is 32.9 Å². The van der Waals surface area contributed by atoms with Crippen LogP contribution in [0.1, 0.15) is 323 Å². The lowest BCUT2D eigenvalue weighted by Gasteiger charge is -2.18. The lowest BCUT2D eigenvalue weighted by atomic mass is 10.0. The van der Waals surface area contributed by atoms with Gasteiger partial charge in [-0.15, -0.1) is 0 Å². The van der Waals surface area contributed by atoms with Crippen molar-refractivity contribution in [2.24, 2.45) is 0 Å². The molecule has 0 saturated carbocycles. The number of ether oxygens (including phenoxy) is 3. The quantitative estimate of drug-likeness (QED) is 0.0262. The van der Waals surface area contributed by atoms with Crippen molar-refractivity contribution in [3.05, 3.63) is 12.2 Å². The summed E-state index contributed by atoms with van der Waals surface area (Å²) in [4.78, 5) is 38.1. The molecule has 0 rings (SSSR count). The molecule has 0 saturated heterocycles. The Morgan fingerprint density at radius 3 is 0.797 bits per heavy atom. The van der Waals surface area contributed by atoms with Crippen LogP contribution in [0.2, 0.25) is 0 Å². The van der Waals surface area contributed by atoms with Crippen molar-refractivity contribution in [3.63, 3.8) is 0 Å². The van der Waals surface area contributed by atoms with Crippen LogP contribution in [0.15, 0.2) is 12.2 Å². The van der Waals surface area contributed by atoms with Gasteiger partial charge in [0.05, 0.1) is 0 Å². The molecule has 0 aromatic carbocycles. The molecule has 0 spiro atoms. The second-order valence-electron chi connectivity index (χ2n) is 19.6. The number of allylic oxidation sites excluding steroid dienone is 2. The van der Waals surface area contributed by atoms with Gasteiger partial charge in [-0.2, -0.15) is 0 Å². The summed E-state index contributed by atoms with van der Waals surface area (Å²) in [6.45, 7) is 6.67. The first-order valence-electron chi connectivity index (χ1n) is 28.7. The number of hydrogen-bond acceptors (Lipinski definition) is 6. The maximum atomic E-state index is 12.8. The van der Waals surface area contributed by atoms with Crippen LogP contribution in [0.4, 0.5) is 0 Å². The highest BCUT2D eigenvalue weighted by Crippen LogP contribution is 2.17. The van der Waals surface area contributed by atoms with Crippen LogP contribution >= 0.6 is 0 Å². The predicted octanol–water partition coefficient (Wildman–Crippen LogP) is 18.9. The molecule has 6 heteroatoms. The summed E-state index contributed by atoms with van der Waals surface area (Å²) in [7, 11) is 0. The number of rotatable bonds is 53. The van der Waals surface area contributed by atoms with Gasteiger partial charge in [0, 0.05) is 19.3 Å². The molecule has 0 N–H and O–H groups in total. The average molecular weight is 904 g/mol. The zero-order valence-electron chi connectivity index (χ0n) is 43.3. The molecule has 0 fully saturated rings. The molecule has 378 valence electrons. The van der Waals surface area contributed by atoms with Crippen LogP contribution < -0.4 is 0 Å². The van der Waals surface area contributed by atoms with Gasteiger partial charge in [0.15, 0.2) is 6.10 Å². The Bertz CT molecular complexity index is 993. The first kappa shape index (κ1) is 62.1. The van der Waals surface area contributed by atoms with E-state index in [1.165, 1.54) is 218 Å². The molecule has 64 heavy (non-hydrogen) atoms. The fourth-order valence-corrected chi connectivity index (χ4v) is 8.68. The van der Waals surface area contributed by atoms with E-state index >= 15 is 0 Å². The minimum atomic E-state index is -0.767. The van der Waals surface area contributed by atoms with Gasteiger partial charge < -0.3 is 14.2 Å². The molecule has 0 aromatic rings. The maximum absolute atomic E-state index is 12.8. The Balaban J connectivity index is 4.28. The number of carbonyl (C=O) groups is 3. The van der Waals surface area contributed by atoms with Crippen molar-refractivity contribution in [2.45, 2.75) is 329 Å². The molecular formula is C58H110O6. The highest BCUT2D eigenvalue weighted by Gasteiger charge is 2.19. The van der Waals surface area contributed by atoms with E-state index in [4.69, 9.17) is 14.2 Å². The monoisotopic (exact) mass is 903 g/mol. The molecule has 1 atom stereocenters. The Morgan fingerprint density at radius 2 is 0.516 bits per heavy atom. The molecular weight excluding hydrogens is 793 g/mol. The van der Waals surface area contributed by atoms with Crippen molar-refractivity contribution in [3.8, 4) is 0 Å². The van der Waals surface area contributed by atoms with E-state index in [-0.39, 0.29) is 31.1 Å². The lowest BCUT2D eigenvalue weighted by Crippen LogP contribution is -2.30. The summed E-state index contributed by atoms with van der Waals surface area (Å²) >= 11 is 0. The van der Waals surface area contributed by atoms with Crippen LogP contribution in [-0.2, 0) is 28.6 Å². The van der Waals surface area contributed by atoms with E-state index in [0.717, 1.165) is 64.2 Å². The molecule has 0 aromatic heterocycles. The van der Waals surface area contributed by atoms with Gasteiger partial charge in [-0.1, -0.05) is 270 Å². The molecule has 0 aliphatic carbocycles. The second-order valence-corrected chi connectivity index (χ2v) is 19.6. The molecule has 0 heterocycles. The Labute approximate surface area is 399 Å². The van der Waals surface area contributed by atoms with E-state index < -0.39 is 6.10 Å². The van der Waals surface area contributed by atoms with Crippen LogP contribution in [0.25, 0.3) is 0 Å². The molecule has 0 radical (unpaired) electrons. The van der Waals surface area contributed by atoms with E-state index in [9.17, 15) is 14.4 Å². The topological polar surface area (TPSA) is 78.9 Å². The third-order valence-electron chi connectivity index (χ3n) is 13.0. The highest BCUT2D eigenvalue weighted by atomic mass is 16.6. The van der Waals surface area contributed by atoms with Gasteiger partial charge in [-0.05, 0) is 44.9 Å². The van der Waals surface area contributed by atoms with Gasteiger partial charge in [0.2, 0.25) is 0 Å². The van der Waals surface area contributed by atoms with E-state index in [0.29, 0.717) is 19.3 Å². The van der Waals surface area contributed by atoms with Gasteiger partial charge in [-0.25, -0.2) is 0 Å². The van der Waals surface area contributed by atoms with Gasteiger partial charge in [0.25, 0.3) is 0 Å². The zero-order chi connectivity index (χ0) is 46.5. The van der Waals surface area contributed by atoms with Crippen LogP contribution in [0, 0.1) is 0 Å². The minimum absolute atomic E-state index is 0.0666. The summed E-state index contributed by atoms with van der Waals surface area (Å²) in [6.07, 6.45) is 60.6. The summed E-state index contributed by atoms with van der Waals surface area (Å²) in [5.41, 5.74) is 0. The Kier molecular flexibility index (Phi) is 52.2. The fraction of sp³-hybridized carbons (Fsp3) is 0.914. The van der Waals surface area contributed by atoms with Crippen molar-refractivity contribution in [2.75, 3.05) is 13.2 Å². The summed E-state index contributed by atoms with van der Waals surface area (Å²) < 4.78 is 16.9. The van der Waals surface area contributed by atoms with Crippen LogP contribution in [-0.4, -0.2) is 37.2 Å². The fourth-order valence-electron chi connectivity index (χ4n) is 8.68. The summed E-state index contributed by atoms with van der Waals surface area (Å²) in [5, 5.41) is 0. The standard InChI is InChI=1S/C58H110O6/c1-4-7-10-13-16-19-22-25-27-28-29-30-31-34-36-39-42-45-48-51-57(60)63-54-55(53-62-56(59)50-47-44-41-38-35-32-24-21-18-15-12-9-6-3)64-58(61)52-49-46-43-40-37-33-26-23-20-17-14-11-8-5-2/h21,24,55H,4-20,22-23,25-54H2,1-3H3/b24-21-/t55-/m1/s1. The van der Waals surface area contributed by atoms with Gasteiger partial charge in [-0.3, -0.25) is 14.4 Å². The number of hydrogen-bond donors (Lipinski definition) is 0. The molecule has 0 unspecified atom stereocenters. The summed E-state index contributed by atoms with van der Waals surface area (Å²) in [6, 6.07) is 0. The van der Waals surface area contributed by atoms with Crippen LogP contribution in [0.5, 0.6) is 0 Å². The normalized spacial score (nSPS) is 12.0. The average Bonchev–Trinajstić information content (AvgIpc) is 3.29. The van der Waals surface area contributed by atoms with Gasteiger partial charge in [0.1, 0.15) is 13.2 Å². The second kappa shape index (κ2) is 53.8. The molecule has 0 bridgehead atoms. The first-order valence-corrected chi connectivity index (χ1v) is 28.7. The minimum Gasteiger partial charge on any atom is -0.462 e. The molecule has 0 aliphatic rings. The summed E-state index contributed by atoms with van der Waals surface area (Å²) in [5.74, 6) is -0.852. The SMILES string of the molecule is CCCCCC/C=C\CCCCCCCC(=O)OC[C@H](COC(=O)CCCCCCCCCCCCCCCCCCCCC)OC(=O)CCCCCCCCCCCCCCCC. The van der Waals surface area contributed by atoms with Crippen LogP contribution in [0.3, 0.4) is 0 Å². The third kappa shape index (κ3) is 51.1. The smallest absolute Gasteiger partial charge is 0.306 e. The largest absolute Gasteiger partial charge is 0.462 e. The Hall–Kier alpha value is -1.85. The van der Waals surface area contributed by atoms with E-state index in [1.54, 1.807) is 0 Å². The van der Waals surface area contributed by atoms with Crippen molar-refractivity contribution in [1.29, 1.82) is 0 Å². The Morgan fingerprint density at radius 1 is 0.297 bits per heavy atom. The number of unbranched alkanes of at least 4 members (excludes halogenated alkanes) is 40. The molecule has 0 aliphatic heterocycles. The molecule has 6 nitrogen and oxygen atoms in total. The first-order chi connectivity index (χ1) is 31.5. The van der Waals surface area contributed by atoms with E-state index in [1.807, 2.05) is 0 Å². The number of carbonyl (C=O) groups excluding carboxylic acids is 3. The number of esters is 3. The zero-order valence-corrected chi connectivity index (χ0v) is 43.3. The van der Waals surface area contributed by atoms with Crippen molar-refractivity contribution >= 4 is 17.9 Å². The van der Waals surface area contributed by atoms with Crippen molar-refractivity contribution in [1.82, 2.24) is 0 Å². The molecule has 0 amide bonds.